The number of fused-ring (bicyclic) bond motifs is 2. The number of hydrogen-bond acceptors (Lipinski definition) is 5. The van der Waals surface area contributed by atoms with Gasteiger partial charge in [-0.1, -0.05) is 30.7 Å². The largest absolute Gasteiger partial charge is 0.497 e. The van der Waals surface area contributed by atoms with Crippen LogP contribution in [0, 0.1) is 5.92 Å². The lowest BCUT2D eigenvalue weighted by molar-refractivity contribution is -0.128. The predicted octanol–water partition coefficient (Wildman–Crippen LogP) is 4.35. The summed E-state index contributed by atoms with van der Waals surface area (Å²) in [6.45, 7) is 9.14. The van der Waals surface area contributed by atoms with Crippen LogP contribution in [0.5, 0.6) is 0 Å². The molecule has 1 N–H and O–H groups in total. The molecule has 1 amide bonds. The van der Waals surface area contributed by atoms with E-state index in [1.807, 2.05) is 6.08 Å². The average Bonchev–Trinajstić information content (AvgIpc) is 3.21. The van der Waals surface area contributed by atoms with Gasteiger partial charge in [0.1, 0.15) is 5.76 Å². The van der Waals surface area contributed by atoms with E-state index in [0.717, 1.165) is 57.7 Å². The molecule has 3 aliphatic heterocycles. The minimum Gasteiger partial charge on any atom is -0.497 e. The number of methoxy groups -OCH3 is 1. The van der Waals surface area contributed by atoms with E-state index < -0.39 is 0 Å². The van der Waals surface area contributed by atoms with Crippen molar-refractivity contribution >= 4 is 5.91 Å². The minimum absolute atomic E-state index is 0.0879. The highest BCUT2D eigenvalue weighted by molar-refractivity contribution is 5.80. The topological polar surface area (TPSA) is 48.0 Å². The number of amides is 1. The summed E-state index contributed by atoms with van der Waals surface area (Å²) >= 11 is 0. The van der Waals surface area contributed by atoms with E-state index >= 15 is 0 Å². The van der Waals surface area contributed by atoms with Gasteiger partial charge in [-0.15, -0.1) is 6.58 Å². The second-order valence-electron chi connectivity index (χ2n) is 11.1. The number of allylic oxidation sites excluding steroid dienone is 3. The maximum atomic E-state index is 13.0. The molecule has 2 bridgehead atoms. The van der Waals surface area contributed by atoms with Gasteiger partial charge in [0.15, 0.2) is 0 Å². The molecule has 0 aromatic heterocycles. The summed E-state index contributed by atoms with van der Waals surface area (Å²) < 4.78 is 5.66. The Balaban J connectivity index is 1.36. The van der Waals surface area contributed by atoms with Crippen molar-refractivity contribution in [1.82, 2.24) is 20.2 Å². The number of rotatable bonds is 8. The van der Waals surface area contributed by atoms with Crippen LogP contribution < -0.4 is 5.43 Å². The summed E-state index contributed by atoms with van der Waals surface area (Å²) in [6, 6.07) is 1.41. The Labute approximate surface area is 217 Å². The van der Waals surface area contributed by atoms with Crippen LogP contribution in [0.25, 0.3) is 0 Å². The first kappa shape index (κ1) is 25.5. The van der Waals surface area contributed by atoms with Gasteiger partial charge in [0.05, 0.1) is 19.1 Å². The molecule has 5 aliphatic rings. The molecule has 0 aromatic rings. The van der Waals surface area contributed by atoms with Crippen LogP contribution in [-0.4, -0.2) is 78.7 Å². The van der Waals surface area contributed by atoms with Gasteiger partial charge in [0.25, 0.3) is 0 Å². The van der Waals surface area contributed by atoms with Crippen molar-refractivity contribution in [2.24, 2.45) is 5.92 Å². The summed E-state index contributed by atoms with van der Waals surface area (Å²) in [5, 5.41) is 2.11. The molecule has 3 fully saturated rings. The molecule has 4 atom stereocenters. The van der Waals surface area contributed by atoms with Crippen LogP contribution in [0.1, 0.15) is 57.8 Å². The summed E-state index contributed by atoms with van der Waals surface area (Å²) in [6.07, 6.45) is 23.5. The second-order valence-corrected chi connectivity index (χ2v) is 11.1. The fourth-order valence-electron chi connectivity index (χ4n) is 6.86. The maximum Gasteiger partial charge on any atom is 0.241 e. The summed E-state index contributed by atoms with van der Waals surface area (Å²) in [5.41, 5.74) is 5.99. The first-order valence-corrected chi connectivity index (χ1v) is 14.1. The van der Waals surface area contributed by atoms with E-state index in [9.17, 15) is 4.79 Å². The van der Waals surface area contributed by atoms with Crippen molar-refractivity contribution in [3.05, 3.63) is 59.9 Å². The monoisotopic (exact) mass is 492 g/mol. The lowest BCUT2D eigenvalue weighted by atomic mass is 9.85. The molecule has 2 aliphatic carbocycles. The van der Waals surface area contributed by atoms with E-state index in [1.165, 1.54) is 49.7 Å². The first-order valence-electron chi connectivity index (χ1n) is 14.1. The van der Waals surface area contributed by atoms with Gasteiger partial charge < -0.3 is 4.74 Å². The molecule has 6 nitrogen and oxygen atoms in total. The van der Waals surface area contributed by atoms with Crippen LogP contribution in [-0.2, 0) is 9.53 Å². The standard InChI is InChI=1S/C30H44N4O2/c1-3-17-32-20-16-26-14-15-27(22-32)34(26)29(25-8-7-9-28(21-25)36-2)23-10-12-24(13-11-23)30(35)31-33-18-5-4-6-19-33/h3,9-12,21,24,26-27,29H,1,4-8,13-20,22H2,2H3,(H,31,35). The minimum atomic E-state index is -0.0879. The SMILES string of the molecule is C=CCN1CCC2CCC(C1)N2C(C1=CCC(C(=O)NN2CCCCC2)C=C1)C1=CC(OC)=CCC1. The molecular weight excluding hydrogens is 448 g/mol. The molecule has 4 unspecified atom stereocenters. The molecule has 3 heterocycles. The summed E-state index contributed by atoms with van der Waals surface area (Å²) in [4.78, 5) is 18.4. The van der Waals surface area contributed by atoms with Crippen LogP contribution >= 0.6 is 0 Å². The third-order valence-electron chi connectivity index (χ3n) is 8.71. The Morgan fingerprint density at radius 3 is 2.75 bits per heavy atom. The molecule has 6 heteroatoms. The van der Waals surface area contributed by atoms with Gasteiger partial charge in [-0.05, 0) is 74.7 Å². The Kier molecular flexibility index (Phi) is 8.45. The number of carbonyl (C=O) groups excluding carboxylic acids is 1. The van der Waals surface area contributed by atoms with Crippen LogP contribution in [0.3, 0.4) is 0 Å². The normalized spacial score (nSPS) is 30.6. The number of hydrazine groups is 1. The van der Waals surface area contributed by atoms with Crippen molar-refractivity contribution < 1.29 is 9.53 Å². The second kappa shape index (κ2) is 11.9. The number of likely N-dealkylation sites (tertiary alicyclic amines) is 1. The number of carbonyl (C=O) groups is 1. The van der Waals surface area contributed by atoms with E-state index in [4.69, 9.17) is 4.74 Å². The van der Waals surface area contributed by atoms with Gasteiger partial charge in [-0.25, -0.2) is 5.01 Å². The number of ether oxygens (including phenoxy) is 1. The van der Waals surface area contributed by atoms with Crippen molar-refractivity contribution in [2.45, 2.75) is 75.9 Å². The van der Waals surface area contributed by atoms with Crippen molar-refractivity contribution in [3.63, 3.8) is 0 Å². The first-order chi connectivity index (χ1) is 17.7. The van der Waals surface area contributed by atoms with Crippen molar-refractivity contribution in [2.75, 3.05) is 39.8 Å². The van der Waals surface area contributed by atoms with Crippen LogP contribution in [0.2, 0.25) is 0 Å². The summed E-state index contributed by atoms with van der Waals surface area (Å²) in [7, 11) is 1.77. The molecule has 0 radical (unpaired) electrons. The lowest BCUT2D eigenvalue weighted by Gasteiger charge is -2.40. The molecule has 196 valence electrons. The number of nitrogens with one attached hydrogen (secondary N) is 1. The Morgan fingerprint density at radius 2 is 2.00 bits per heavy atom. The maximum absolute atomic E-state index is 13.0. The predicted molar refractivity (Wildman–Crippen MR) is 145 cm³/mol. The Bertz CT molecular complexity index is 929. The van der Waals surface area contributed by atoms with E-state index in [-0.39, 0.29) is 17.9 Å². The molecule has 0 spiro atoms. The fourth-order valence-corrected chi connectivity index (χ4v) is 6.86. The lowest BCUT2D eigenvalue weighted by Crippen LogP contribution is -2.48. The highest BCUT2D eigenvalue weighted by Crippen LogP contribution is 2.40. The van der Waals surface area contributed by atoms with Crippen molar-refractivity contribution in [3.8, 4) is 0 Å². The average molecular weight is 493 g/mol. The molecule has 5 rings (SSSR count). The van der Waals surface area contributed by atoms with Crippen LogP contribution in [0.15, 0.2) is 59.9 Å². The third-order valence-corrected chi connectivity index (χ3v) is 8.71. The zero-order valence-corrected chi connectivity index (χ0v) is 22.0. The third kappa shape index (κ3) is 5.71. The fraction of sp³-hybridized carbons (Fsp3) is 0.633. The highest BCUT2D eigenvalue weighted by Gasteiger charge is 2.43. The quantitative estimate of drug-likeness (QED) is 0.511. The molecule has 0 aromatic carbocycles. The van der Waals surface area contributed by atoms with E-state index in [1.54, 1.807) is 7.11 Å². The van der Waals surface area contributed by atoms with Gasteiger partial charge in [0.2, 0.25) is 5.91 Å². The molecule has 3 saturated heterocycles. The number of piperidine rings is 1. The van der Waals surface area contributed by atoms with Gasteiger partial charge in [-0.2, -0.15) is 0 Å². The Hall–Kier alpha value is -2.15. The number of hydrogen-bond donors (Lipinski definition) is 1. The van der Waals surface area contributed by atoms with Gasteiger partial charge in [-0.3, -0.25) is 20.0 Å². The smallest absolute Gasteiger partial charge is 0.241 e. The van der Waals surface area contributed by atoms with Crippen LogP contribution in [0.4, 0.5) is 0 Å². The zero-order chi connectivity index (χ0) is 24.9. The summed E-state index contributed by atoms with van der Waals surface area (Å²) in [5.74, 6) is 1.03. The molecule has 0 saturated carbocycles. The zero-order valence-electron chi connectivity index (χ0n) is 22.0. The van der Waals surface area contributed by atoms with E-state index in [2.05, 4.69) is 57.2 Å². The molecule has 36 heavy (non-hydrogen) atoms. The highest BCUT2D eigenvalue weighted by atomic mass is 16.5. The van der Waals surface area contributed by atoms with E-state index in [0.29, 0.717) is 12.1 Å². The van der Waals surface area contributed by atoms with Gasteiger partial charge in [0, 0.05) is 44.8 Å². The number of nitrogens with zero attached hydrogens (tertiary/aromatic N) is 3. The van der Waals surface area contributed by atoms with Gasteiger partial charge >= 0.3 is 0 Å². The molecular formula is C30H44N4O2. The Morgan fingerprint density at radius 1 is 1.17 bits per heavy atom. The van der Waals surface area contributed by atoms with Crippen molar-refractivity contribution in [1.29, 1.82) is 0 Å².